The first kappa shape index (κ1) is 17.5. The smallest absolute Gasteiger partial charge is 0.377 e. The van der Waals surface area contributed by atoms with Gasteiger partial charge in [-0.2, -0.15) is 13.2 Å². The molecule has 0 radical (unpaired) electrons. The number of ether oxygens (including phenoxy) is 1. The monoisotopic (exact) mass is 304 g/mol. The van der Waals surface area contributed by atoms with Gasteiger partial charge >= 0.3 is 6.18 Å². The van der Waals surface area contributed by atoms with Gasteiger partial charge in [-0.1, -0.05) is 30.3 Å². The van der Waals surface area contributed by atoms with Gasteiger partial charge in [-0.3, -0.25) is 4.79 Å². The van der Waals surface area contributed by atoms with E-state index >= 15 is 0 Å². The first-order valence-electron chi connectivity index (χ1n) is 6.63. The molecular formula is C14H19F3N2O2. The molecule has 1 aromatic rings. The first-order valence-corrected chi connectivity index (χ1v) is 6.63. The van der Waals surface area contributed by atoms with Crippen LogP contribution in [-0.2, 0) is 16.1 Å². The number of carbonyl (C=O) groups excluding carboxylic acids is 1. The maximum atomic E-state index is 11.8. The molecule has 0 aliphatic heterocycles. The van der Waals surface area contributed by atoms with Crippen molar-refractivity contribution in [1.29, 1.82) is 0 Å². The number of alkyl halides is 3. The van der Waals surface area contributed by atoms with Gasteiger partial charge in [-0.05, 0) is 12.0 Å². The number of halogens is 3. The lowest BCUT2D eigenvalue weighted by atomic mass is 10.2. The van der Waals surface area contributed by atoms with Crippen molar-refractivity contribution in [2.45, 2.75) is 19.2 Å². The van der Waals surface area contributed by atoms with Gasteiger partial charge in [0.15, 0.2) is 0 Å². The molecule has 0 heterocycles. The van der Waals surface area contributed by atoms with Crippen molar-refractivity contribution in [2.24, 2.45) is 0 Å². The largest absolute Gasteiger partial charge is 0.401 e. The molecule has 0 spiro atoms. The summed E-state index contributed by atoms with van der Waals surface area (Å²) in [7, 11) is 0. The van der Waals surface area contributed by atoms with Crippen LogP contribution in [0.25, 0.3) is 0 Å². The van der Waals surface area contributed by atoms with Gasteiger partial charge in [0.1, 0.15) is 0 Å². The standard InChI is InChI=1S/C14H19F3N2O2/c15-14(16,17)11-18-9-13(20)19-7-4-8-21-10-12-5-2-1-3-6-12/h1-3,5-6,18H,4,7-11H2,(H,19,20). The lowest BCUT2D eigenvalue weighted by Crippen LogP contribution is -2.38. The summed E-state index contributed by atoms with van der Waals surface area (Å²) in [6.07, 6.45) is -3.69. The van der Waals surface area contributed by atoms with Crippen molar-refractivity contribution in [2.75, 3.05) is 26.2 Å². The molecule has 0 fully saturated rings. The minimum Gasteiger partial charge on any atom is -0.377 e. The van der Waals surface area contributed by atoms with E-state index in [1.54, 1.807) is 0 Å². The molecule has 1 aromatic carbocycles. The molecule has 0 atom stereocenters. The normalized spacial score (nSPS) is 11.4. The predicted octanol–water partition coefficient (Wildman–Crippen LogP) is 1.86. The Morgan fingerprint density at radius 1 is 1.19 bits per heavy atom. The van der Waals surface area contributed by atoms with Crippen molar-refractivity contribution < 1.29 is 22.7 Å². The molecule has 0 aliphatic carbocycles. The third kappa shape index (κ3) is 9.86. The Bertz CT molecular complexity index is 410. The Morgan fingerprint density at radius 3 is 2.57 bits per heavy atom. The highest BCUT2D eigenvalue weighted by Crippen LogP contribution is 2.11. The summed E-state index contributed by atoms with van der Waals surface area (Å²) in [5, 5.41) is 4.55. The van der Waals surface area contributed by atoms with Gasteiger partial charge in [0.2, 0.25) is 5.91 Å². The van der Waals surface area contributed by atoms with Crippen molar-refractivity contribution in [3.05, 3.63) is 35.9 Å². The Kier molecular flexibility index (Phi) is 7.78. The third-order valence-electron chi connectivity index (χ3n) is 2.51. The number of rotatable bonds is 9. The Hall–Kier alpha value is -1.60. The fraction of sp³-hybridized carbons (Fsp3) is 0.500. The molecule has 0 bridgehead atoms. The van der Waals surface area contributed by atoms with E-state index in [2.05, 4.69) is 5.32 Å². The number of amides is 1. The van der Waals surface area contributed by atoms with Crippen LogP contribution in [0.15, 0.2) is 30.3 Å². The van der Waals surface area contributed by atoms with E-state index in [1.807, 2.05) is 35.6 Å². The van der Waals surface area contributed by atoms with E-state index in [0.717, 1.165) is 5.56 Å². The average Bonchev–Trinajstić information content (AvgIpc) is 2.42. The van der Waals surface area contributed by atoms with Gasteiger partial charge < -0.3 is 15.4 Å². The Balaban J connectivity index is 1.95. The second kappa shape index (κ2) is 9.36. The molecule has 2 N–H and O–H groups in total. The fourth-order valence-electron chi connectivity index (χ4n) is 1.55. The van der Waals surface area contributed by atoms with Crippen molar-refractivity contribution >= 4 is 5.91 Å². The number of carbonyl (C=O) groups is 1. The van der Waals surface area contributed by atoms with Crippen molar-refractivity contribution in [1.82, 2.24) is 10.6 Å². The Labute approximate surface area is 121 Å². The highest BCUT2D eigenvalue weighted by atomic mass is 19.4. The van der Waals surface area contributed by atoms with Crippen molar-refractivity contribution in [3.63, 3.8) is 0 Å². The average molecular weight is 304 g/mol. The van der Waals surface area contributed by atoms with Gasteiger partial charge in [0.05, 0.1) is 19.7 Å². The van der Waals surface area contributed by atoms with Gasteiger partial charge in [0.25, 0.3) is 0 Å². The van der Waals surface area contributed by atoms with E-state index in [9.17, 15) is 18.0 Å². The van der Waals surface area contributed by atoms with Crippen LogP contribution in [-0.4, -0.2) is 38.3 Å². The number of hydrogen-bond acceptors (Lipinski definition) is 3. The van der Waals surface area contributed by atoms with Crippen LogP contribution in [0.4, 0.5) is 13.2 Å². The fourth-order valence-corrected chi connectivity index (χ4v) is 1.55. The molecule has 1 amide bonds. The molecule has 0 aliphatic rings. The molecule has 0 saturated carbocycles. The summed E-state index contributed by atoms with van der Waals surface area (Å²) < 4.78 is 40.9. The second-order valence-electron chi connectivity index (χ2n) is 4.46. The molecule has 0 unspecified atom stereocenters. The minimum atomic E-state index is -4.30. The summed E-state index contributed by atoms with van der Waals surface area (Å²) >= 11 is 0. The topological polar surface area (TPSA) is 50.4 Å². The molecule has 7 heteroatoms. The van der Waals surface area contributed by atoms with Crippen LogP contribution in [0.5, 0.6) is 0 Å². The minimum absolute atomic E-state index is 0.343. The number of benzene rings is 1. The summed E-state index contributed by atoms with van der Waals surface area (Å²) in [5.41, 5.74) is 1.07. The zero-order valence-electron chi connectivity index (χ0n) is 11.6. The zero-order valence-corrected chi connectivity index (χ0v) is 11.6. The number of hydrogen-bond donors (Lipinski definition) is 2. The van der Waals surface area contributed by atoms with E-state index in [1.165, 1.54) is 0 Å². The highest BCUT2D eigenvalue weighted by molar-refractivity contribution is 5.77. The van der Waals surface area contributed by atoms with Crippen molar-refractivity contribution in [3.8, 4) is 0 Å². The maximum absolute atomic E-state index is 11.8. The molecule has 118 valence electrons. The lowest BCUT2D eigenvalue weighted by molar-refractivity contribution is -0.128. The molecule has 0 saturated heterocycles. The van der Waals surface area contributed by atoms with Crippen LogP contribution in [0.2, 0.25) is 0 Å². The SMILES string of the molecule is O=C(CNCC(F)(F)F)NCCCOCc1ccccc1. The third-order valence-corrected chi connectivity index (χ3v) is 2.51. The summed E-state index contributed by atoms with van der Waals surface area (Å²) in [5.74, 6) is -0.456. The van der Waals surface area contributed by atoms with Crippen LogP contribution < -0.4 is 10.6 Å². The summed E-state index contributed by atoms with van der Waals surface area (Å²) in [4.78, 5) is 11.2. The summed E-state index contributed by atoms with van der Waals surface area (Å²) in [6, 6.07) is 9.67. The van der Waals surface area contributed by atoms with Gasteiger partial charge in [-0.15, -0.1) is 0 Å². The number of nitrogens with one attached hydrogen (secondary N) is 2. The molecule has 21 heavy (non-hydrogen) atoms. The molecule has 1 rings (SSSR count). The van der Waals surface area contributed by atoms with Crippen LogP contribution in [0.1, 0.15) is 12.0 Å². The summed E-state index contributed by atoms with van der Waals surface area (Å²) in [6.45, 7) is -0.153. The molecule has 0 aromatic heterocycles. The molecule has 4 nitrogen and oxygen atoms in total. The Morgan fingerprint density at radius 2 is 1.90 bits per heavy atom. The van der Waals surface area contributed by atoms with E-state index in [-0.39, 0.29) is 6.54 Å². The van der Waals surface area contributed by atoms with E-state index < -0.39 is 18.6 Å². The quantitative estimate of drug-likeness (QED) is 0.685. The van der Waals surface area contributed by atoms with Crippen LogP contribution in [0.3, 0.4) is 0 Å². The molecular weight excluding hydrogens is 285 g/mol. The predicted molar refractivity (Wildman–Crippen MR) is 72.6 cm³/mol. The lowest BCUT2D eigenvalue weighted by Gasteiger charge is -2.09. The first-order chi connectivity index (χ1) is 9.97. The zero-order chi connectivity index (χ0) is 15.6. The maximum Gasteiger partial charge on any atom is 0.401 e. The van der Waals surface area contributed by atoms with Crippen LogP contribution >= 0.6 is 0 Å². The van der Waals surface area contributed by atoms with Crippen LogP contribution in [0, 0.1) is 0 Å². The van der Waals surface area contributed by atoms with E-state index in [4.69, 9.17) is 4.74 Å². The highest BCUT2D eigenvalue weighted by Gasteiger charge is 2.26. The second-order valence-corrected chi connectivity index (χ2v) is 4.46. The van der Waals surface area contributed by atoms with Gasteiger partial charge in [0, 0.05) is 13.2 Å². The van der Waals surface area contributed by atoms with Gasteiger partial charge in [-0.25, -0.2) is 0 Å². The van der Waals surface area contributed by atoms with E-state index in [0.29, 0.717) is 26.2 Å².